The van der Waals surface area contributed by atoms with Gasteiger partial charge in [0.15, 0.2) is 0 Å². The average molecular weight is 263 g/mol. The first kappa shape index (κ1) is 14.1. The molecule has 0 bridgehead atoms. The zero-order valence-corrected chi connectivity index (χ0v) is 12.6. The maximum absolute atomic E-state index is 5.67. The number of ether oxygens (including phenoxy) is 1. The molecular formula is C15H25N3O. The lowest BCUT2D eigenvalue weighted by molar-refractivity contribution is 0.0340. The Bertz CT molecular complexity index is 428. The summed E-state index contributed by atoms with van der Waals surface area (Å²) in [5.74, 6) is 1.95. The van der Waals surface area contributed by atoms with E-state index in [0.717, 1.165) is 24.8 Å². The fraction of sp³-hybridized carbons (Fsp3) is 0.667. The molecule has 2 rings (SSSR count). The number of pyridine rings is 1. The molecule has 2 atom stereocenters. The fourth-order valence-corrected chi connectivity index (χ4v) is 2.26. The molecule has 0 spiro atoms. The van der Waals surface area contributed by atoms with Crippen molar-refractivity contribution in [1.29, 1.82) is 0 Å². The number of rotatable bonds is 2. The zero-order chi connectivity index (χ0) is 14.0. The smallest absolute Gasteiger partial charge is 0.131 e. The molecule has 19 heavy (non-hydrogen) atoms. The molecule has 4 heteroatoms. The molecule has 1 aliphatic rings. The van der Waals surface area contributed by atoms with E-state index in [0.29, 0.717) is 6.04 Å². The van der Waals surface area contributed by atoms with Crippen LogP contribution < -0.4 is 10.2 Å². The van der Waals surface area contributed by atoms with Crippen LogP contribution in [-0.2, 0) is 4.74 Å². The number of nitrogens with one attached hydrogen (secondary N) is 1. The lowest BCUT2D eigenvalue weighted by Crippen LogP contribution is -2.47. The van der Waals surface area contributed by atoms with Crippen molar-refractivity contribution in [3.63, 3.8) is 0 Å². The Hall–Kier alpha value is -1.29. The van der Waals surface area contributed by atoms with Gasteiger partial charge in [0.05, 0.1) is 18.8 Å². The highest BCUT2D eigenvalue weighted by Gasteiger charge is 2.24. The number of hydrogen-bond donors (Lipinski definition) is 1. The van der Waals surface area contributed by atoms with Crippen LogP contribution in [0.5, 0.6) is 0 Å². The fourth-order valence-electron chi connectivity index (χ4n) is 2.26. The monoisotopic (exact) mass is 263 g/mol. The molecule has 1 saturated heterocycles. The minimum atomic E-state index is 0.0234. The van der Waals surface area contributed by atoms with Crippen molar-refractivity contribution >= 4 is 11.6 Å². The molecule has 2 heterocycles. The topological polar surface area (TPSA) is 37.4 Å². The summed E-state index contributed by atoms with van der Waals surface area (Å²) in [6.45, 7) is 12.4. The SMILES string of the molecule is CC1CN(c2cccc(NC(C)(C)C)n2)C(C)CO1. The van der Waals surface area contributed by atoms with Gasteiger partial charge < -0.3 is 15.0 Å². The quantitative estimate of drug-likeness (QED) is 0.890. The molecule has 1 aromatic heterocycles. The minimum absolute atomic E-state index is 0.0234. The van der Waals surface area contributed by atoms with E-state index in [4.69, 9.17) is 9.72 Å². The van der Waals surface area contributed by atoms with Crippen LogP contribution in [0.15, 0.2) is 18.2 Å². The van der Waals surface area contributed by atoms with Gasteiger partial charge in [-0.3, -0.25) is 0 Å². The third-order valence-corrected chi connectivity index (χ3v) is 3.14. The van der Waals surface area contributed by atoms with Gasteiger partial charge in [0, 0.05) is 12.1 Å². The Kier molecular flexibility index (Phi) is 3.99. The Labute approximate surface area is 116 Å². The molecule has 0 aromatic carbocycles. The van der Waals surface area contributed by atoms with E-state index in [2.05, 4.69) is 57.0 Å². The second-order valence-electron chi connectivity index (χ2n) is 6.40. The minimum Gasteiger partial charge on any atom is -0.375 e. The maximum Gasteiger partial charge on any atom is 0.131 e. The Morgan fingerprint density at radius 1 is 1.32 bits per heavy atom. The van der Waals surface area contributed by atoms with Gasteiger partial charge in [-0.25, -0.2) is 4.98 Å². The molecule has 1 N–H and O–H groups in total. The molecule has 0 saturated carbocycles. The Morgan fingerprint density at radius 3 is 2.74 bits per heavy atom. The molecule has 1 aliphatic heterocycles. The van der Waals surface area contributed by atoms with E-state index >= 15 is 0 Å². The Morgan fingerprint density at radius 2 is 2.05 bits per heavy atom. The van der Waals surface area contributed by atoms with Crippen LogP contribution in [0.3, 0.4) is 0 Å². The molecule has 106 valence electrons. The van der Waals surface area contributed by atoms with E-state index in [9.17, 15) is 0 Å². The summed E-state index contributed by atoms with van der Waals surface area (Å²) >= 11 is 0. The van der Waals surface area contributed by atoms with Crippen molar-refractivity contribution in [2.45, 2.75) is 52.3 Å². The number of hydrogen-bond acceptors (Lipinski definition) is 4. The maximum atomic E-state index is 5.67. The van der Waals surface area contributed by atoms with Gasteiger partial charge in [-0.1, -0.05) is 6.07 Å². The number of morpholine rings is 1. The van der Waals surface area contributed by atoms with Gasteiger partial charge in [0.25, 0.3) is 0 Å². The van der Waals surface area contributed by atoms with Gasteiger partial charge in [0.2, 0.25) is 0 Å². The van der Waals surface area contributed by atoms with Gasteiger partial charge in [-0.2, -0.15) is 0 Å². The van der Waals surface area contributed by atoms with Crippen LogP contribution in [0, 0.1) is 0 Å². The first-order valence-corrected chi connectivity index (χ1v) is 6.98. The number of nitrogens with zero attached hydrogens (tertiary/aromatic N) is 2. The molecule has 2 unspecified atom stereocenters. The molecule has 0 aliphatic carbocycles. The molecule has 1 fully saturated rings. The Balaban J connectivity index is 2.18. The van der Waals surface area contributed by atoms with Gasteiger partial charge >= 0.3 is 0 Å². The molecule has 0 amide bonds. The number of aromatic nitrogens is 1. The summed E-state index contributed by atoms with van der Waals surface area (Å²) in [6.07, 6.45) is 0.261. The molecule has 1 aromatic rings. The van der Waals surface area contributed by atoms with Gasteiger partial charge in [-0.05, 0) is 46.8 Å². The largest absolute Gasteiger partial charge is 0.375 e. The van der Waals surface area contributed by atoms with E-state index < -0.39 is 0 Å². The third-order valence-electron chi connectivity index (χ3n) is 3.14. The normalized spacial score (nSPS) is 24.4. The first-order valence-electron chi connectivity index (χ1n) is 6.98. The summed E-state index contributed by atoms with van der Waals surface area (Å²) in [4.78, 5) is 7.05. The highest BCUT2D eigenvalue weighted by Crippen LogP contribution is 2.22. The van der Waals surface area contributed by atoms with Gasteiger partial charge in [-0.15, -0.1) is 0 Å². The van der Waals surface area contributed by atoms with Crippen molar-refractivity contribution in [2.24, 2.45) is 0 Å². The molecule has 4 nitrogen and oxygen atoms in total. The predicted octanol–water partition coefficient (Wildman–Crippen LogP) is 2.91. The molecular weight excluding hydrogens is 238 g/mol. The lowest BCUT2D eigenvalue weighted by atomic mass is 10.1. The summed E-state index contributed by atoms with van der Waals surface area (Å²) in [5.41, 5.74) is 0.0234. The van der Waals surface area contributed by atoms with Crippen LogP contribution in [-0.4, -0.2) is 35.8 Å². The van der Waals surface area contributed by atoms with Crippen LogP contribution in [0.4, 0.5) is 11.6 Å². The van der Waals surface area contributed by atoms with Crippen molar-refractivity contribution < 1.29 is 4.74 Å². The predicted molar refractivity (Wildman–Crippen MR) is 79.8 cm³/mol. The second kappa shape index (κ2) is 5.37. The summed E-state index contributed by atoms with van der Waals surface area (Å²) in [6, 6.07) is 6.52. The van der Waals surface area contributed by atoms with E-state index in [1.54, 1.807) is 0 Å². The summed E-state index contributed by atoms with van der Waals surface area (Å²) in [5, 5.41) is 3.42. The van der Waals surface area contributed by atoms with Crippen molar-refractivity contribution in [3.8, 4) is 0 Å². The van der Waals surface area contributed by atoms with Crippen LogP contribution in [0.25, 0.3) is 0 Å². The number of anilines is 2. The van der Waals surface area contributed by atoms with E-state index in [-0.39, 0.29) is 11.6 Å². The van der Waals surface area contributed by atoms with E-state index in [1.165, 1.54) is 0 Å². The van der Waals surface area contributed by atoms with E-state index in [1.807, 2.05) is 6.07 Å². The van der Waals surface area contributed by atoms with Gasteiger partial charge in [0.1, 0.15) is 11.6 Å². The average Bonchev–Trinajstić information content (AvgIpc) is 2.30. The molecule has 0 radical (unpaired) electrons. The van der Waals surface area contributed by atoms with Crippen LogP contribution in [0.2, 0.25) is 0 Å². The van der Waals surface area contributed by atoms with Crippen LogP contribution in [0.1, 0.15) is 34.6 Å². The van der Waals surface area contributed by atoms with Crippen molar-refractivity contribution in [2.75, 3.05) is 23.4 Å². The highest BCUT2D eigenvalue weighted by molar-refractivity contribution is 5.49. The van der Waals surface area contributed by atoms with Crippen molar-refractivity contribution in [3.05, 3.63) is 18.2 Å². The second-order valence-corrected chi connectivity index (χ2v) is 6.40. The zero-order valence-electron chi connectivity index (χ0n) is 12.6. The first-order chi connectivity index (χ1) is 8.85. The summed E-state index contributed by atoms with van der Waals surface area (Å²) in [7, 11) is 0. The highest BCUT2D eigenvalue weighted by atomic mass is 16.5. The van der Waals surface area contributed by atoms with Crippen LogP contribution >= 0.6 is 0 Å². The third kappa shape index (κ3) is 3.83. The standard InChI is InChI=1S/C15H25N3O/c1-11-10-19-12(2)9-18(11)14-8-6-7-13(16-14)17-15(3,4)5/h6-8,11-12H,9-10H2,1-5H3,(H,16,17). The van der Waals surface area contributed by atoms with Crippen molar-refractivity contribution in [1.82, 2.24) is 4.98 Å². The lowest BCUT2D eigenvalue weighted by Gasteiger charge is -2.38. The summed E-state index contributed by atoms with van der Waals surface area (Å²) < 4.78 is 5.67.